The van der Waals surface area contributed by atoms with Gasteiger partial charge in [-0.3, -0.25) is 14.4 Å². The number of rotatable bonds is 8. The predicted octanol–water partition coefficient (Wildman–Crippen LogP) is 2.83. The van der Waals surface area contributed by atoms with Crippen LogP contribution in [0.5, 0.6) is 0 Å². The van der Waals surface area contributed by atoms with Gasteiger partial charge >= 0.3 is 5.97 Å². The molecule has 0 heterocycles. The zero-order valence-electron chi connectivity index (χ0n) is 16.6. The molecule has 29 heavy (non-hydrogen) atoms. The number of ether oxygens (including phenoxy) is 1. The molecule has 7 heteroatoms. The van der Waals surface area contributed by atoms with E-state index in [0.29, 0.717) is 16.8 Å². The first-order valence-electron chi connectivity index (χ1n) is 9.22. The first kappa shape index (κ1) is 21.8. The van der Waals surface area contributed by atoms with Crippen LogP contribution in [-0.2, 0) is 14.3 Å². The Bertz CT molecular complexity index is 893. The number of benzene rings is 2. The third-order valence-corrected chi connectivity index (χ3v) is 4.17. The van der Waals surface area contributed by atoms with Crippen molar-refractivity contribution in [1.29, 1.82) is 0 Å². The minimum Gasteiger partial charge on any atom is -0.454 e. The number of amides is 2. The number of hydrogen-bond donors (Lipinski definition) is 2. The van der Waals surface area contributed by atoms with E-state index in [1.54, 1.807) is 68.4 Å². The van der Waals surface area contributed by atoms with Crippen LogP contribution in [0.4, 0.5) is 5.69 Å². The summed E-state index contributed by atoms with van der Waals surface area (Å²) in [5.74, 6) is -2.12. The molecule has 2 rings (SSSR count). The molecule has 2 amide bonds. The van der Waals surface area contributed by atoms with Gasteiger partial charge in [0, 0.05) is 11.1 Å². The van der Waals surface area contributed by atoms with Crippen LogP contribution in [0.1, 0.15) is 41.5 Å². The van der Waals surface area contributed by atoms with Crippen molar-refractivity contribution in [2.24, 2.45) is 5.92 Å². The lowest BCUT2D eigenvalue weighted by atomic mass is 10.0. The molecule has 152 valence electrons. The third-order valence-electron chi connectivity index (χ3n) is 4.17. The number of hydrogen-bond acceptors (Lipinski definition) is 5. The molecule has 7 nitrogen and oxygen atoms in total. The van der Waals surface area contributed by atoms with Crippen molar-refractivity contribution in [3.8, 4) is 0 Å². The maximum absolute atomic E-state index is 12.4. The average Bonchev–Trinajstić information content (AvgIpc) is 2.70. The van der Waals surface area contributed by atoms with Crippen LogP contribution < -0.4 is 10.6 Å². The number of anilines is 1. The molecule has 0 saturated carbocycles. The Labute approximate surface area is 169 Å². The highest BCUT2D eigenvalue weighted by Gasteiger charge is 2.26. The van der Waals surface area contributed by atoms with Crippen LogP contribution in [0.2, 0.25) is 0 Å². The topological polar surface area (TPSA) is 102 Å². The normalized spacial score (nSPS) is 11.4. The minimum absolute atomic E-state index is 0.193. The van der Waals surface area contributed by atoms with Crippen molar-refractivity contribution in [2.75, 3.05) is 11.9 Å². The predicted molar refractivity (Wildman–Crippen MR) is 109 cm³/mol. The van der Waals surface area contributed by atoms with Crippen molar-refractivity contribution in [1.82, 2.24) is 5.32 Å². The van der Waals surface area contributed by atoms with Gasteiger partial charge in [0.05, 0.1) is 5.69 Å². The second kappa shape index (κ2) is 10.2. The summed E-state index contributed by atoms with van der Waals surface area (Å²) in [7, 11) is 0. The molecular weight excluding hydrogens is 372 g/mol. The molecule has 0 aliphatic heterocycles. The van der Waals surface area contributed by atoms with E-state index < -0.39 is 30.4 Å². The Balaban J connectivity index is 1.96. The summed E-state index contributed by atoms with van der Waals surface area (Å²) in [6.07, 6.45) is 0. The standard InChI is InChI=1S/C22H24N2O5/c1-14(2)20(24-21(27)16-9-5-4-6-10-16)22(28)29-13-19(26)23-18-12-8-7-11-17(18)15(3)25/h4-12,14,20H,13H2,1-3H3,(H,23,26)(H,24,27)/t20-/m0/s1. The maximum Gasteiger partial charge on any atom is 0.329 e. The van der Waals surface area contributed by atoms with Gasteiger partial charge in [-0.25, -0.2) is 4.79 Å². The Morgan fingerprint density at radius 1 is 0.931 bits per heavy atom. The fraction of sp³-hybridized carbons (Fsp3) is 0.273. The first-order valence-corrected chi connectivity index (χ1v) is 9.22. The van der Waals surface area contributed by atoms with Gasteiger partial charge in [-0.1, -0.05) is 44.2 Å². The number of carbonyl (C=O) groups is 4. The zero-order chi connectivity index (χ0) is 21.4. The van der Waals surface area contributed by atoms with E-state index in [0.717, 1.165) is 0 Å². The number of Topliss-reactive ketones (excluding diaryl/α,β-unsaturated/α-hetero) is 1. The summed E-state index contributed by atoms with van der Waals surface area (Å²) in [5, 5.41) is 5.20. The monoisotopic (exact) mass is 396 g/mol. The largest absolute Gasteiger partial charge is 0.454 e. The fourth-order valence-electron chi connectivity index (χ4n) is 2.62. The molecule has 2 aromatic carbocycles. The Morgan fingerprint density at radius 2 is 1.55 bits per heavy atom. The highest BCUT2D eigenvalue weighted by Crippen LogP contribution is 2.15. The molecule has 0 spiro atoms. The smallest absolute Gasteiger partial charge is 0.329 e. The van der Waals surface area contributed by atoms with E-state index in [1.807, 2.05) is 0 Å². The third kappa shape index (κ3) is 6.27. The number of ketones is 1. The summed E-state index contributed by atoms with van der Waals surface area (Å²) < 4.78 is 5.09. The van der Waals surface area contributed by atoms with Gasteiger partial charge in [-0.2, -0.15) is 0 Å². The molecule has 2 N–H and O–H groups in total. The maximum atomic E-state index is 12.4. The van der Waals surface area contributed by atoms with Gasteiger partial charge in [0.2, 0.25) is 0 Å². The molecule has 0 saturated heterocycles. The van der Waals surface area contributed by atoms with Crippen molar-refractivity contribution < 1.29 is 23.9 Å². The van der Waals surface area contributed by atoms with Gasteiger partial charge in [-0.15, -0.1) is 0 Å². The van der Waals surface area contributed by atoms with E-state index in [2.05, 4.69) is 10.6 Å². The molecule has 1 atom stereocenters. The molecule has 2 aromatic rings. The van der Waals surface area contributed by atoms with Crippen LogP contribution in [-0.4, -0.2) is 36.2 Å². The Morgan fingerprint density at radius 3 is 2.17 bits per heavy atom. The minimum atomic E-state index is -0.903. The van der Waals surface area contributed by atoms with Crippen LogP contribution in [0.15, 0.2) is 54.6 Å². The van der Waals surface area contributed by atoms with Crippen LogP contribution >= 0.6 is 0 Å². The molecular formula is C22H24N2O5. The number of esters is 1. The number of carbonyl (C=O) groups excluding carboxylic acids is 4. The van der Waals surface area contributed by atoms with Gasteiger partial charge in [-0.05, 0) is 37.1 Å². The summed E-state index contributed by atoms with van der Waals surface area (Å²) >= 11 is 0. The molecule has 0 aromatic heterocycles. The Kier molecular flexibility index (Phi) is 7.65. The number of nitrogens with one attached hydrogen (secondary N) is 2. The van der Waals surface area contributed by atoms with Crippen molar-refractivity contribution in [2.45, 2.75) is 26.8 Å². The average molecular weight is 396 g/mol. The van der Waals surface area contributed by atoms with Crippen molar-refractivity contribution >= 4 is 29.3 Å². The van der Waals surface area contributed by atoms with Gasteiger partial charge in [0.15, 0.2) is 12.4 Å². The van der Waals surface area contributed by atoms with Crippen molar-refractivity contribution in [3.05, 3.63) is 65.7 Å². The second-order valence-corrected chi connectivity index (χ2v) is 6.82. The lowest BCUT2D eigenvalue weighted by Crippen LogP contribution is -2.45. The lowest BCUT2D eigenvalue weighted by molar-refractivity contribution is -0.150. The fourth-order valence-corrected chi connectivity index (χ4v) is 2.62. The summed E-state index contributed by atoms with van der Waals surface area (Å²) in [6, 6.07) is 14.2. The van der Waals surface area contributed by atoms with Crippen LogP contribution in [0, 0.1) is 5.92 Å². The van der Waals surface area contributed by atoms with E-state index in [4.69, 9.17) is 4.74 Å². The molecule has 0 bridgehead atoms. The second-order valence-electron chi connectivity index (χ2n) is 6.82. The van der Waals surface area contributed by atoms with E-state index in [9.17, 15) is 19.2 Å². The Hall–Kier alpha value is -3.48. The summed E-state index contributed by atoms with van der Waals surface area (Å²) in [6.45, 7) is 4.39. The van der Waals surface area contributed by atoms with Gasteiger partial charge in [0.25, 0.3) is 11.8 Å². The van der Waals surface area contributed by atoms with E-state index in [1.165, 1.54) is 6.92 Å². The van der Waals surface area contributed by atoms with Crippen LogP contribution in [0.25, 0.3) is 0 Å². The molecule has 0 aliphatic rings. The van der Waals surface area contributed by atoms with E-state index >= 15 is 0 Å². The molecule has 0 fully saturated rings. The molecule has 0 aliphatic carbocycles. The van der Waals surface area contributed by atoms with Crippen LogP contribution in [0.3, 0.4) is 0 Å². The number of para-hydroxylation sites is 1. The van der Waals surface area contributed by atoms with Gasteiger partial charge in [0.1, 0.15) is 6.04 Å². The SMILES string of the molecule is CC(=O)c1ccccc1NC(=O)COC(=O)[C@@H](NC(=O)c1ccccc1)C(C)C. The van der Waals surface area contributed by atoms with E-state index in [-0.39, 0.29) is 11.7 Å². The summed E-state index contributed by atoms with van der Waals surface area (Å²) in [4.78, 5) is 48.5. The highest BCUT2D eigenvalue weighted by atomic mass is 16.5. The lowest BCUT2D eigenvalue weighted by Gasteiger charge is -2.21. The highest BCUT2D eigenvalue weighted by molar-refractivity contribution is 6.04. The zero-order valence-corrected chi connectivity index (χ0v) is 16.6. The first-order chi connectivity index (χ1) is 13.8. The molecule has 0 radical (unpaired) electrons. The van der Waals surface area contributed by atoms with Gasteiger partial charge < -0.3 is 15.4 Å². The molecule has 0 unspecified atom stereocenters. The van der Waals surface area contributed by atoms with Crippen molar-refractivity contribution in [3.63, 3.8) is 0 Å². The quantitative estimate of drug-likeness (QED) is 0.528. The summed E-state index contributed by atoms with van der Waals surface area (Å²) in [5.41, 5.74) is 1.13.